The quantitative estimate of drug-likeness (QED) is 0.803. The molecule has 1 aromatic carbocycles. The molecule has 1 N–H and O–H groups in total. The molecule has 1 aromatic heterocycles. The summed E-state index contributed by atoms with van der Waals surface area (Å²) in [5.41, 5.74) is 1.64. The monoisotopic (exact) mass is 375 g/mol. The second-order valence-electron chi connectivity index (χ2n) is 6.56. The van der Waals surface area contributed by atoms with E-state index in [1.165, 1.54) is 23.2 Å². The Morgan fingerprint density at radius 3 is 2.74 bits per heavy atom. The Balaban J connectivity index is 1.81. The molecule has 1 amide bonds. The van der Waals surface area contributed by atoms with Crippen LogP contribution in [-0.2, 0) is 9.53 Å². The van der Waals surface area contributed by atoms with Crippen LogP contribution in [0.25, 0.3) is 5.69 Å². The Morgan fingerprint density at radius 2 is 2.11 bits per heavy atom. The van der Waals surface area contributed by atoms with Gasteiger partial charge in [0, 0.05) is 19.7 Å². The summed E-state index contributed by atoms with van der Waals surface area (Å²) in [5.74, 6) is -1.59. The molecule has 27 heavy (non-hydrogen) atoms. The van der Waals surface area contributed by atoms with Crippen molar-refractivity contribution in [3.8, 4) is 5.69 Å². The van der Waals surface area contributed by atoms with Gasteiger partial charge in [-0.3, -0.25) is 9.59 Å². The molecule has 1 aliphatic heterocycles. The Labute approximate surface area is 156 Å². The molecule has 3 rings (SSSR count). The fraction of sp³-hybridized carbons (Fsp3) is 0.421. The normalized spacial score (nSPS) is 16.4. The average molecular weight is 375 g/mol. The molecule has 8 heteroatoms. The fourth-order valence-electron chi connectivity index (χ4n) is 3.17. The number of carboxylic acid groups (broad SMARTS) is 1. The Morgan fingerprint density at radius 1 is 1.37 bits per heavy atom. The van der Waals surface area contributed by atoms with E-state index < -0.39 is 5.97 Å². The number of hydrogen-bond donors (Lipinski definition) is 1. The first-order valence-corrected chi connectivity index (χ1v) is 8.89. The van der Waals surface area contributed by atoms with Crippen molar-refractivity contribution in [3.63, 3.8) is 0 Å². The van der Waals surface area contributed by atoms with Crippen molar-refractivity contribution >= 4 is 11.9 Å². The van der Waals surface area contributed by atoms with E-state index in [2.05, 4.69) is 5.10 Å². The van der Waals surface area contributed by atoms with Gasteiger partial charge < -0.3 is 14.7 Å². The maximum absolute atomic E-state index is 13.1. The van der Waals surface area contributed by atoms with E-state index in [1.807, 2.05) is 0 Å². The van der Waals surface area contributed by atoms with E-state index in [9.17, 15) is 14.0 Å². The standard InChI is InChI=1S/C19H22FN3O4/c1-13-17(11-21-23(13)15-6-4-14(20)5-7-15)19(26)22(9-8-18(24)25)12-16-3-2-10-27-16/h4-7,11,16H,2-3,8-10,12H2,1H3,(H,24,25). The van der Waals surface area contributed by atoms with Crippen LogP contribution in [0.5, 0.6) is 0 Å². The van der Waals surface area contributed by atoms with Gasteiger partial charge in [0.25, 0.3) is 5.91 Å². The summed E-state index contributed by atoms with van der Waals surface area (Å²) in [5, 5.41) is 13.2. The summed E-state index contributed by atoms with van der Waals surface area (Å²) < 4.78 is 20.3. The SMILES string of the molecule is Cc1c(C(=O)N(CCC(=O)O)CC2CCCO2)cnn1-c1ccc(F)cc1. The highest BCUT2D eigenvalue weighted by atomic mass is 19.1. The van der Waals surface area contributed by atoms with E-state index in [4.69, 9.17) is 9.84 Å². The Bertz CT molecular complexity index is 813. The molecule has 0 bridgehead atoms. The predicted octanol–water partition coefficient (Wildman–Crippen LogP) is 2.42. The highest BCUT2D eigenvalue weighted by Gasteiger charge is 2.26. The van der Waals surface area contributed by atoms with Gasteiger partial charge in [-0.2, -0.15) is 5.10 Å². The zero-order chi connectivity index (χ0) is 19.4. The minimum atomic E-state index is -0.959. The van der Waals surface area contributed by atoms with Gasteiger partial charge in [-0.15, -0.1) is 0 Å². The van der Waals surface area contributed by atoms with Crippen molar-refractivity contribution in [1.29, 1.82) is 0 Å². The van der Waals surface area contributed by atoms with Crippen molar-refractivity contribution in [1.82, 2.24) is 14.7 Å². The number of carboxylic acids is 1. The zero-order valence-electron chi connectivity index (χ0n) is 15.1. The Kier molecular flexibility index (Phi) is 5.85. The average Bonchev–Trinajstić information content (AvgIpc) is 3.28. The number of carbonyl (C=O) groups excluding carboxylic acids is 1. The number of aromatic nitrogens is 2. The number of hydrogen-bond acceptors (Lipinski definition) is 4. The van der Waals surface area contributed by atoms with Gasteiger partial charge in [-0.1, -0.05) is 0 Å². The second-order valence-corrected chi connectivity index (χ2v) is 6.56. The maximum Gasteiger partial charge on any atom is 0.305 e. The summed E-state index contributed by atoms with van der Waals surface area (Å²) in [4.78, 5) is 25.5. The van der Waals surface area contributed by atoms with E-state index >= 15 is 0 Å². The summed E-state index contributed by atoms with van der Waals surface area (Å²) in [6, 6.07) is 5.82. The van der Waals surface area contributed by atoms with E-state index in [1.54, 1.807) is 23.7 Å². The van der Waals surface area contributed by atoms with Gasteiger partial charge in [0.1, 0.15) is 5.82 Å². The number of nitrogens with zero attached hydrogens (tertiary/aromatic N) is 3. The largest absolute Gasteiger partial charge is 0.481 e. The van der Waals surface area contributed by atoms with Crippen LogP contribution in [0.4, 0.5) is 4.39 Å². The van der Waals surface area contributed by atoms with Crippen LogP contribution in [0, 0.1) is 12.7 Å². The number of aliphatic carboxylic acids is 1. The van der Waals surface area contributed by atoms with E-state index in [0.29, 0.717) is 30.1 Å². The van der Waals surface area contributed by atoms with Crippen molar-refractivity contribution in [2.24, 2.45) is 0 Å². The lowest BCUT2D eigenvalue weighted by Gasteiger charge is -2.25. The maximum atomic E-state index is 13.1. The van der Waals surface area contributed by atoms with Crippen molar-refractivity contribution in [2.45, 2.75) is 32.3 Å². The van der Waals surface area contributed by atoms with Crippen molar-refractivity contribution in [2.75, 3.05) is 19.7 Å². The smallest absolute Gasteiger partial charge is 0.305 e. The van der Waals surface area contributed by atoms with Crippen LogP contribution in [0.3, 0.4) is 0 Å². The molecule has 0 aliphatic carbocycles. The summed E-state index contributed by atoms with van der Waals surface area (Å²) >= 11 is 0. The molecule has 1 aliphatic rings. The van der Waals surface area contributed by atoms with Crippen LogP contribution in [0.2, 0.25) is 0 Å². The molecule has 1 saturated heterocycles. The van der Waals surface area contributed by atoms with Gasteiger partial charge in [0.05, 0.1) is 35.7 Å². The van der Waals surface area contributed by atoms with Crippen LogP contribution >= 0.6 is 0 Å². The van der Waals surface area contributed by atoms with Gasteiger partial charge in [-0.05, 0) is 44.0 Å². The number of benzene rings is 1. The number of amides is 1. The Hall–Kier alpha value is -2.74. The first-order valence-electron chi connectivity index (χ1n) is 8.89. The first-order chi connectivity index (χ1) is 13.0. The molecule has 0 spiro atoms. The fourth-order valence-corrected chi connectivity index (χ4v) is 3.17. The third-order valence-electron chi connectivity index (χ3n) is 4.64. The summed E-state index contributed by atoms with van der Waals surface area (Å²) in [6.45, 7) is 2.88. The van der Waals surface area contributed by atoms with E-state index in [-0.39, 0.29) is 30.8 Å². The molecule has 1 atom stereocenters. The number of carbonyl (C=O) groups is 2. The van der Waals surface area contributed by atoms with Gasteiger partial charge in [0.2, 0.25) is 0 Å². The minimum absolute atomic E-state index is 0.0739. The lowest BCUT2D eigenvalue weighted by molar-refractivity contribution is -0.137. The van der Waals surface area contributed by atoms with Gasteiger partial charge in [-0.25, -0.2) is 9.07 Å². The predicted molar refractivity (Wildman–Crippen MR) is 95.4 cm³/mol. The van der Waals surface area contributed by atoms with Gasteiger partial charge >= 0.3 is 5.97 Å². The van der Waals surface area contributed by atoms with Gasteiger partial charge in [0.15, 0.2) is 0 Å². The molecule has 1 unspecified atom stereocenters. The van der Waals surface area contributed by atoms with Crippen LogP contribution < -0.4 is 0 Å². The lowest BCUT2D eigenvalue weighted by atomic mass is 10.1. The molecule has 2 heterocycles. The number of rotatable bonds is 7. The molecular formula is C19H22FN3O4. The van der Waals surface area contributed by atoms with Crippen LogP contribution in [0.15, 0.2) is 30.5 Å². The van der Waals surface area contributed by atoms with Crippen molar-refractivity contribution in [3.05, 3.63) is 47.5 Å². The second kappa shape index (κ2) is 8.30. The molecule has 144 valence electrons. The van der Waals surface area contributed by atoms with Crippen LogP contribution in [0.1, 0.15) is 35.3 Å². The topological polar surface area (TPSA) is 84.7 Å². The van der Waals surface area contributed by atoms with Crippen molar-refractivity contribution < 1.29 is 23.8 Å². The summed E-state index contributed by atoms with van der Waals surface area (Å²) in [7, 11) is 0. The van der Waals surface area contributed by atoms with E-state index in [0.717, 1.165) is 12.8 Å². The third-order valence-corrected chi connectivity index (χ3v) is 4.64. The highest BCUT2D eigenvalue weighted by molar-refractivity contribution is 5.95. The summed E-state index contributed by atoms with van der Waals surface area (Å²) in [6.07, 6.45) is 3.04. The number of halogens is 1. The highest BCUT2D eigenvalue weighted by Crippen LogP contribution is 2.19. The molecule has 7 nitrogen and oxygen atoms in total. The lowest BCUT2D eigenvalue weighted by Crippen LogP contribution is -2.39. The zero-order valence-corrected chi connectivity index (χ0v) is 15.1. The number of ether oxygens (including phenoxy) is 1. The molecule has 1 fully saturated rings. The first kappa shape index (κ1) is 19.0. The molecule has 0 radical (unpaired) electrons. The molecular weight excluding hydrogens is 353 g/mol. The minimum Gasteiger partial charge on any atom is -0.481 e. The third kappa shape index (κ3) is 4.51. The molecule has 2 aromatic rings. The molecule has 0 saturated carbocycles. The van der Waals surface area contributed by atoms with Crippen LogP contribution in [-0.4, -0.2) is 57.5 Å².